The molecule has 27 heavy (non-hydrogen) atoms. The summed E-state index contributed by atoms with van der Waals surface area (Å²) in [5.41, 5.74) is -0.0597. The van der Waals surface area contributed by atoms with Gasteiger partial charge in [-0.2, -0.15) is 0 Å². The summed E-state index contributed by atoms with van der Waals surface area (Å²) in [5, 5.41) is 0. The van der Waals surface area contributed by atoms with Crippen LogP contribution in [-0.2, 0) is 27.1 Å². The monoisotopic (exact) mass is 393 g/mol. The van der Waals surface area contributed by atoms with E-state index in [0.29, 0.717) is 0 Å². The van der Waals surface area contributed by atoms with Crippen molar-refractivity contribution in [3.05, 3.63) is 35.9 Å². The number of aryl methyl sites for hydroxylation is 1. The molecule has 1 heterocycles. The lowest BCUT2D eigenvalue weighted by Crippen LogP contribution is -2.61. The first kappa shape index (κ1) is 22.8. The highest BCUT2D eigenvalue weighted by Crippen LogP contribution is 2.41. The van der Waals surface area contributed by atoms with E-state index in [4.69, 9.17) is 9.31 Å². The quantitative estimate of drug-likeness (QED) is 0.549. The van der Waals surface area contributed by atoms with Gasteiger partial charge in [-0.1, -0.05) is 30.3 Å². The van der Waals surface area contributed by atoms with Gasteiger partial charge in [-0.05, 0) is 80.2 Å². The Morgan fingerprint density at radius 3 is 2.00 bits per heavy atom. The maximum Gasteiger partial charge on any atom is 0.483 e. The third-order valence-corrected chi connectivity index (χ3v) is 7.42. The van der Waals surface area contributed by atoms with E-state index in [0.717, 1.165) is 19.3 Å². The molecule has 0 spiro atoms. The summed E-state index contributed by atoms with van der Waals surface area (Å²) in [6, 6.07) is 10.5. The normalized spacial score (nSPS) is 22.5. The first-order valence-corrected chi connectivity index (χ1v) is 11.0. The minimum Gasteiger partial charge on any atom is -0.598 e. The van der Waals surface area contributed by atoms with E-state index in [1.54, 1.807) is 0 Å². The largest absolute Gasteiger partial charge is 0.598 e. The Labute approximate surface area is 169 Å². The Bertz CT molecular complexity index is 602. The fraction of sp³-hybridized carbons (Fsp3) is 0.714. The van der Waals surface area contributed by atoms with Crippen LogP contribution >= 0.6 is 0 Å². The van der Waals surface area contributed by atoms with Crippen molar-refractivity contribution < 1.29 is 13.9 Å². The van der Waals surface area contributed by atoms with Gasteiger partial charge in [-0.3, -0.25) is 0 Å². The lowest BCUT2D eigenvalue weighted by Gasteiger charge is -2.36. The van der Waals surface area contributed by atoms with Crippen LogP contribution < -0.4 is 4.72 Å². The lowest BCUT2D eigenvalue weighted by atomic mass is 9.63. The van der Waals surface area contributed by atoms with E-state index in [1.165, 1.54) is 5.56 Å². The second kappa shape index (κ2) is 8.07. The molecule has 152 valence electrons. The lowest BCUT2D eigenvalue weighted by molar-refractivity contribution is 0.00578. The van der Waals surface area contributed by atoms with Crippen LogP contribution in [0.4, 0.5) is 0 Å². The molecular weight excluding hydrogens is 357 g/mol. The molecule has 1 saturated heterocycles. The highest BCUT2D eigenvalue weighted by molar-refractivity contribution is 7.90. The predicted octanol–water partition coefficient (Wildman–Crippen LogP) is 4.45. The zero-order valence-corrected chi connectivity index (χ0v) is 19.0. The highest BCUT2D eigenvalue weighted by atomic mass is 32.2. The number of benzene rings is 1. The number of rotatable bonds is 7. The number of hydrogen-bond donors (Lipinski definition) is 1. The second-order valence-electron chi connectivity index (χ2n) is 9.83. The molecule has 1 aromatic rings. The Morgan fingerprint density at radius 2 is 1.52 bits per heavy atom. The molecule has 0 bridgehead atoms. The summed E-state index contributed by atoms with van der Waals surface area (Å²) < 4.78 is 28.5. The number of hydrogen-bond acceptors (Lipinski definition) is 4. The van der Waals surface area contributed by atoms with Gasteiger partial charge in [0, 0.05) is 11.4 Å². The van der Waals surface area contributed by atoms with Crippen molar-refractivity contribution in [2.75, 3.05) is 0 Å². The van der Waals surface area contributed by atoms with Crippen molar-refractivity contribution in [3.8, 4) is 0 Å². The molecule has 0 amide bonds. The molecule has 0 radical (unpaired) electrons. The van der Waals surface area contributed by atoms with Crippen molar-refractivity contribution in [2.24, 2.45) is 0 Å². The van der Waals surface area contributed by atoms with Crippen molar-refractivity contribution in [1.82, 2.24) is 4.72 Å². The first-order valence-electron chi connectivity index (χ1n) is 9.86. The molecule has 1 aliphatic heterocycles. The molecule has 1 unspecified atom stereocenters. The molecule has 4 nitrogen and oxygen atoms in total. The molecule has 6 heteroatoms. The molecular formula is C21H36BNO3S. The van der Waals surface area contributed by atoms with Gasteiger partial charge in [0.25, 0.3) is 0 Å². The molecule has 0 saturated carbocycles. The smallest absolute Gasteiger partial charge is 0.483 e. The standard InChI is InChI=1S/C21H36BNO3S/c1-18(2,3)27(24)23-21(8,16-12-15-17-13-10-9-11-14-17)22-25-19(4,5)20(6,7)26-22/h9-11,13-14,23H,12,15-16H2,1-8H3/t21-,27?/m0/s1. The van der Waals surface area contributed by atoms with Gasteiger partial charge in [-0.15, -0.1) is 4.72 Å². The third kappa shape index (κ3) is 5.51. The van der Waals surface area contributed by atoms with E-state index in [1.807, 2.05) is 26.8 Å². The SMILES string of the molecule is CC(C)(C)[S+]([O-])N[C@@](C)(CCCc1ccccc1)B1OC(C)(C)C(C)(C)O1. The van der Waals surface area contributed by atoms with Crippen molar-refractivity contribution in [3.63, 3.8) is 0 Å². The van der Waals surface area contributed by atoms with Crippen molar-refractivity contribution in [2.45, 2.75) is 96.0 Å². The van der Waals surface area contributed by atoms with E-state index in [2.05, 4.69) is 63.6 Å². The maximum absolute atomic E-state index is 12.9. The van der Waals surface area contributed by atoms with Gasteiger partial charge in [0.1, 0.15) is 4.75 Å². The zero-order chi connectivity index (χ0) is 20.5. The summed E-state index contributed by atoms with van der Waals surface area (Å²) in [6.07, 6.45) is 2.74. The summed E-state index contributed by atoms with van der Waals surface area (Å²) in [5.74, 6) is 0. The Balaban J connectivity index is 2.15. The average molecular weight is 393 g/mol. The zero-order valence-electron chi connectivity index (χ0n) is 18.2. The molecule has 2 rings (SSSR count). The Morgan fingerprint density at radius 1 is 1.00 bits per heavy atom. The Hall–Kier alpha value is -0.525. The predicted molar refractivity (Wildman–Crippen MR) is 115 cm³/mol. The van der Waals surface area contributed by atoms with Gasteiger partial charge < -0.3 is 13.9 Å². The molecule has 2 atom stereocenters. The van der Waals surface area contributed by atoms with Crippen LogP contribution in [0.2, 0.25) is 0 Å². The van der Waals surface area contributed by atoms with Crippen LogP contribution in [-0.4, -0.2) is 33.1 Å². The topological polar surface area (TPSA) is 53.5 Å². The fourth-order valence-electron chi connectivity index (χ4n) is 2.99. The highest BCUT2D eigenvalue weighted by Gasteiger charge is 2.59. The third-order valence-electron chi connectivity index (χ3n) is 5.66. The van der Waals surface area contributed by atoms with Gasteiger partial charge >= 0.3 is 7.12 Å². The van der Waals surface area contributed by atoms with E-state index in [-0.39, 0.29) is 4.75 Å². The van der Waals surface area contributed by atoms with Crippen LogP contribution in [0.3, 0.4) is 0 Å². The summed E-state index contributed by atoms with van der Waals surface area (Å²) in [4.78, 5) is 0. The van der Waals surface area contributed by atoms with Crippen LogP contribution in [0, 0.1) is 0 Å². The summed E-state index contributed by atoms with van der Waals surface area (Å²) >= 11 is -1.21. The van der Waals surface area contributed by atoms with Crippen LogP contribution in [0.1, 0.15) is 73.8 Å². The molecule has 1 N–H and O–H groups in total. The van der Waals surface area contributed by atoms with Crippen LogP contribution in [0.25, 0.3) is 0 Å². The molecule has 0 aromatic heterocycles. The van der Waals surface area contributed by atoms with E-state index < -0.39 is 35.1 Å². The van der Waals surface area contributed by atoms with Crippen molar-refractivity contribution in [1.29, 1.82) is 0 Å². The minimum absolute atomic E-state index is 0.357. The minimum atomic E-state index is -1.21. The van der Waals surface area contributed by atoms with Gasteiger partial charge in [0.2, 0.25) is 0 Å². The molecule has 1 fully saturated rings. The first-order chi connectivity index (χ1) is 12.3. The van der Waals surface area contributed by atoms with Crippen molar-refractivity contribution >= 4 is 18.5 Å². The summed E-state index contributed by atoms with van der Waals surface area (Å²) in [7, 11) is -0.454. The van der Waals surface area contributed by atoms with Gasteiger partial charge in [0.15, 0.2) is 0 Å². The summed E-state index contributed by atoms with van der Waals surface area (Å²) in [6.45, 7) is 16.2. The second-order valence-corrected chi connectivity index (χ2v) is 11.8. The Kier molecular flexibility index (Phi) is 6.81. The molecule has 1 aliphatic rings. The van der Waals surface area contributed by atoms with Gasteiger partial charge in [-0.25, -0.2) is 0 Å². The molecule has 1 aromatic carbocycles. The molecule has 0 aliphatic carbocycles. The van der Waals surface area contributed by atoms with Gasteiger partial charge in [0.05, 0.1) is 16.6 Å². The average Bonchev–Trinajstić information content (AvgIpc) is 2.76. The number of nitrogens with one attached hydrogen (secondary N) is 1. The van der Waals surface area contributed by atoms with E-state index >= 15 is 0 Å². The van der Waals surface area contributed by atoms with Crippen LogP contribution in [0.15, 0.2) is 30.3 Å². The maximum atomic E-state index is 12.9. The van der Waals surface area contributed by atoms with E-state index in [9.17, 15) is 4.55 Å². The fourth-order valence-corrected chi connectivity index (χ4v) is 3.92. The van der Waals surface area contributed by atoms with Crippen LogP contribution in [0.5, 0.6) is 0 Å².